The minimum Gasteiger partial charge on any atom is -0.368 e. The summed E-state index contributed by atoms with van der Waals surface area (Å²) in [6, 6.07) is -0.475. The first-order chi connectivity index (χ1) is 6.32. The van der Waals surface area contributed by atoms with Crippen LogP contribution in [0.25, 0.3) is 0 Å². The number of nitrogens with two attached hydrogens (primary N) is 1. The highest BCUT2D eigenvalue weighted by atomic mass is 19.4. The van der Waals surface area contributed by atoms with Crippen molar-refractivity contribution in [1.82, 2.24) is 4.90 Å². The lowest BCUT2D eigenvalue weighted by atomic mass is 10.4. The molecule has 0 aromatic carbocycles. The maximum atomic E-state index is 12.0. The Morgan fingerprint density at radius 3 is 2.14 bits per heavy atom. The van der Waals surface area contributed by atoms with E-state index in [0.29, 0.717) is 17.7 Å². The van der Waals surface area contributed by atoms with Gasteiger partial charge in [-0.1, -0.05) is 0 Å². The number of hydrogen-bond acceptors (Lipinski definition) is 2. The van der Waals surface area contributed by atoms with Gasteiger partial charge in [-0.15, -0.1) is 0 Å². The molecule has 0 aliphatic heterocycles. The summed E-state index contributed by atoms with van der Waals surface area (Å²) in [6.45, 7) is -0.664. The van der Waals surface area contributed by atoms with Gasteiger partial charge in [0.25, 0.3) is 0 Å². The zero-order valence-corrected chi connectivity index (χ0v) is 7.17. The predicted octanol–water partition coefficient (Wildman–Crippen LogP) is 0.0250. The maximum Gasteiger partial charge on any atom is 0.471 e. The van der Waals surface area contributed by atoms with Crippen molar-refractivity contribution >= 4 is 11.8 Å². The van der Waals surface area contributed by atoms with E-state index in [4.69, 9.17) is 5.73 Å². The SMILES string of the molecule is NC(=O)CN(C(=O)C(F)(F)F)C1CC1. The summed E-state index contributed by atoms with van der Waals surface area (Å²) < 4.78 is 36.0. The molecule has 1 aliphatic rings. The van der Waals surface area contributed by atoms with E-state index in [-0.39, 0.29) is 0 Å². The fraction of sp³-hybridized carbons (Fsp3) is 0.714. The molecule has 0 radical (unpaired) electrons. The molecule has 80 valence electrons. The molecule has 0 bridgehead atoms. The van der Waals surface area contributed by atoms with Crippen molar-refractivity contribution in [3.8, 4) is 0 Å². The minimum atomic E-state index is -4.93. The molecule has 2 N–H and O–H groups in total. The fourth-order valence-corrected chi connectivity index (χ4v) is 1.08. The lowest BCUT2D eigenvalue weighted by Gasteiger charge is -2.21. The highest BCUT2D eigenvalue weighted by molar-refractivity contribution is 5.87. The third-order valence-corrected chi connectivity index (χ3v) is 1.82. The topological polar surface area (TPSA) is 63.4 Å². The monoisotopic (exact) mass is 210 g/mol. The summed E-state index contributed by atoms with van der Waals surface area (Å²) in [4.78, 5) is 21.7. The Morgan fingerprint density at radius 2 is 1.86 bits per heavy atom. The molecule has 0 spiro atoms. The molecule has 1 saturated carbocycles. The molecule has 7 heteroatoms. The van der Waals surface area contributed by atoms with Gasteiger partial charge in [-0.3, -0.25) is 9.59 Å². The third kappa shape index (κ3) is 2.61. The lowest BCUT2D eigenvalue weighted by molar-refractivity contribution is -0.186. The zero-order chi connectivity index (χ0) is 10.9. The zero-order valence-electron chi connectivity index (χ0n) is 7.17. The van der Waals surface area contributed by atoms with Crippen molar-refractivity contribution in [3.05, 3.63) is 0 Å². The number of nitrogens with zero attached hydrogens (tertiary/aromatic N) is 1. The largest absolute Gasteiger partial charge is 0.471 e. The van der Waals surface area contributed by atoms with E-state index in [1.54, 1.807) is 0 Å². The Kier molecular flexibility index (Phi) is 2.68. The number of alkyl halides is 3. The molecule has 0 unspecified atom stereocenters. The molecule has 1 rings (SSSR count). The number of carbonyl (C=O) groups is 2. The second-order valence-corrected chi connectivity index (χ2v) is 3.13. The summed E-state index contributed by atoms with van der Waals surface area (Å²) in [6.07, 6.45) is -3.94. The van der Waals surface area contributed by atoms with Gasteiger partial charge in [0.2, 0.25) is 5.91 Å². The fourth-order valence-electron chi connectivity index (χ4n) is 1.08. The third-order valence-electron chi connectivity index (χ3n) is 1.82. The molecule has 0 heterocycles. The number of rotatable bonds is 3. The average Bonchev–Trinajstić information content (AvgIpc) is 2.79. The first-order valence-electron chi connectivity index (χ1n) is 3.98. The molecular weight excluding hydrogens is 201 g/mol. The van der Waals surface area contributed by atoms with E-state index in [0.717, 1.165) is 0 Å². The van der Waals surface area contributed by atoms with Crippen LogP contribution >= 0.6 is 0 Å². The van der Waals surface area contributed by atoms with Crippen molar-refractivity contribution in [2.24, 2.45) is 5.73 Å². The van der Waals surface area contributed by atoms with Crippen LogP contribution in [-0.4, -0.2) is 35.5 Å². The minimum absolute atomic E-state index is 0.475. The Morgan fingerprint density at radius 1 is 1.36 bits per heavy atom. The average molecular weight is 210 g/mol. The molecule has 14 heavy (non-hydrogen) atoms. The van der Waals surface area contributed by atoms with Gasteiger partial charge in [0.15, 0.2) is 0 Å². The van der Waals surface area contributed by atoms with Gasteiger partial charge >= 0.3 is 12.1 Å². The van der Waals surface area contributed by atoms with Crippen LogP contribution in [0, 0.1) is 0 Å². The van der Waals surface area contributed by atoms with Crippen LogP contribution in [0.4, 0.5) is 13.2 Å². The maximum absolute atomic E-state index is 12.0. The number of primary amides is 1. The van der Waals surface area contributed by atoms with E-state index in [1.807, 2.05) is 0 Å². The molecule has 1 fully saturated rings. The first kappa shape index (κ1) is 10.8. The number of carbonyl (C=O) groups excluding carboxylic acids is 2. The van der Waals surface area contributed by atoms with Crippen LogP contribution in [0.3, 0.4) is 0 Å². The molecule has 1 aliphatic carbocycles. The van der Waals surface area contributed by atoms with Crippen LogP contribution in [-0.2, 0) is 9.59 Å². The molecule has 4 nitrogen and oxygen atoms in total. The molecule has 0 aromatic heterocycles. The van der Waals surface area contributed by atoms with Crippen LogP contribution in [0.5, 0.6) is 0 Å². The summed E-state index contributed by atoms with van der Waals surface area (Å²) >= 11 is 0. The van der Waals surface area contributed by atoms with Gasteiger partial charge < -0.3 is 10.6 Å². The highest BCUT2D eigenvalue weighted by Crippen LogP contribution is 2.30. The standard InChI is InChI=1S/C7H9F3N2O2/c8-7(9,10)6(14)12(3-5(11)13)4-1-2-4/h4H,1-3H2,(H2,11,13). The van der Waals surface area contributed by atoms with E-state index in [1.165, 1.54) is 0 Å². The summed E-state index contributed by atoms with van der Waals surface area (Å²) in [5, 5.41) is 0. The smallest absolute Gasteiger partial charge is 0.368 e. The van der Waals surface area contributed by atoms with Gasteiger partial charge in [-0.05, 0) is 12.8 Å². The lowest BCUT2D eigenvalue weighted by Crippen LogP contribution is -2.46. The van der Waals surface area contributed by atoms with Gasteiger partial charge in [-0.25, -0.2) is 0 Å². The molecule has 0 atom stereocenters. The normalized spacial score (nSPS) is 16.5. The summed E-state index contributed by atoms with van der Waals surface area (Å²) in [5.74, 6) is -2.92. The Labute approximate surface area is 77.8 Å². The highest BCUT2D eigenvalue weighted by Gasteiger charge is 2.47. The van der Waals surface area contributed by atoms with Crippen LogP contribution < -0.4 is 5.73 Å². The van der Waals surface area contributed by atoms with Crippen molar-refractivity contribution in [2.75, 3.05) is 6.54 Å². The van der Waals surface area contributed by atoms with Crippen LogP contribution in [0.15, 0.2) is 0 Å². The number of amides is 2. The second kappa shape index (κ2) is 3.47. The Balaban J connectivity index is 2.67. The van der Waals surface area contributed by atoms with E-state index >= 15 is 0 Å². The molecule has 0 saturated heterocycles. The van der Waals surface area contributed by atoms with E-state index < -0.39 is 30.6 Å². The van der Waals surface area contributed by atoms with E-state index in [2.05, 4.69) is 0 Å². The van der Waals surface area contributed by atoms with E-state index in [9.17, 15) is 22.8 Å². The second-order valence-electron chi connectivity index (χ2n) is 3.13. The van der Waals surface area contributed by atoms with Gasteiger partial charge in [0, 0.05) is 6.04 Å². The van der Waals surface area contributed by atoms with Crippen molar-refractivity contribution < 1.29 is 22.8 Å². The summed E-state index contributed by atoms with van der Waals surface area (Å²) in [5.41, 5.74) is 4.74. The molecule has 2 amide bonds. The van der Waals surface area contributed by atoms with Crippen molar-refractivity contribution in [3.63, 3.8) is 0 Å². The van der Waals surface area contributed by atoms with Gasteiger partial charge in [-0.2, -0.15) is 13.2 Å². The Hall–Kier alpha value is -1.27. The predicted molar refractivity (Wildman–Crippen MR) is 40.0 cm³/mol. The first-order valence-corrected chi connectivity index (χ1v) is 3.98. The van der Waals surface area contributed by atoms with Crippen LogP contribution in [0.1, 0.15) is 12.8 Å². The van der Waals surface area contributed by atoms with Crippen molar-refractivity contribution in [2.45, 2.75) is 25.1 Å². The quantitative estimate of drug-likeness (QED) is 0.714. The molecule has 0 aromatic rings. The molecular formula is C7H9F3N2O2. The van der Waals surface area contributed by atoms with Crippen LogP contribution in [0.2, 0.25) is 0 Å². The van der Waals surface area contributed by atoms with Gasteiger partial charge in [0.05, 0.1) is 6.54 Å². The number of hydrogen-bond donors (Lipinski definition) is 1. The van der Waals surface area contributed by atoms with Gasteiger partial charge in [0.1, 0.15) is 0 Å². The van der Waals surface area contributed by atoms with Crippen molar-refractivity contribution in [1.29, 1.82) is 0 Å². The number of halogens is 3. The summed E-state index contributed by atoms with van der Waals surface area (Å²) in [7, 11) is 0. The Bertz CT molecular complexity index is 260.